The monoisotopic (exact) mass is 338 g/mol. The van der Waals surface area contributed by atoms with Gasteiger partial charge in [-0.1, -0.05) is 64.0 Å². The van der Waals surface area contributed by atoms with E-state index in [0.29, 0.717) is 0 Å². The smallest absolute Gasteiger partial charge is 0.328 e. The Bertz CT molecular complexity index is 396. The number of carboxylic acid groups (broad SMARTS) is 1. The molecule has 138 valence electrons. The van der Waals surface area contributed by atoms with Crippen LogP contribution in [0.4, 0.5) is 0 Å². The van der Waals surface area contributed by atoms with E-state index < -0.39 is 5.97 Å². The lowest BCUT2D eigenvalue weighted by atomic mass is 10.0. The summed E-state index contributed by atoms with van der Waals surface area (Å²) >= 11 is 0. The lowest BCUT2D eigenvalue weighted by Gasteiger charge is -2.09. The van der Waals surface area contributed by atoms with Gasteiger partial charge in [0.05, 0.1) is 6.10 Å². The molecule has 0 heterocycles. The average molecular weight is 338 g/mol. The first-order valence-corrected chi connectivity index (χ1v) is 9.21. The molecule has 0 aromatic carbocycles. The zero-order chi connectivity index (χ0) is 18.0. The lowest BCUT2D eigenvalue weighted by Crippen LogP contribution is -2.05. The van der Waals surface area contributed by atoms with Crippen molar-refractivity contribution >= 4 is 5.97 Å². The van der Waals surface area contributed by atoms with E-state index in [0.717, 1.165) is 44.6 Å². The summed E-state index contributed by atoms with van der Waals surface area (Å²) < 4.78 is 0. The van der Waals surface area contributed by atoms with Crippen LogP contribution in [0, 0.1) is 0 Å². The molecule has 0 aromatic rings. The SMILES string of the molecule is CCCCCCCCC(O)CCCCC=C(O)C=CC=CC(=O)O. The average Bonchev–Trinajstić information content (AvgIpc) is 2.54. The summed E-state index contributed by atoms with van der Waals surface area (Å²) in [6.45, 7) is 2.21. The molecular weight excluding hydrogens is 304 g/mol. The van der Waals surface area contributed by atoms with Gasteiger partial charge in [0, 0.05) is 6.08 Å². The van der Waals surface area contributed by atoms with Crippen molar-refractivity contribution in [2.45, 2.75) is 83.7 Å². The van der Waals surface area contributed by atoms with Crippen LogP contribution in [0.5, 0.6) is 0 Å². The van der Waals surface area contributed by atoms with Crippen LogP contribution in [0.3, 0.4) is 0 Å². The van der Waals surface area contributed by atoms with E-state index in [2.05, 4.69) is 6.92 Å². The molecule has 0 aliphatic heterocycles. The fourth-order valence-electron chi connectivity index (χ4n) is 2.44. The van der Waals surface area contributed by atoms with Gasteiger partial charge in [-0.15, -0.1) is 0 Å². The summed E-state index contributed by atoms with van der Waals surface area (Å²) in [5, 5.41) is 27.9. The van der Waals surface area contributed by atoms with Gasteiger partial charge in [0.2, 0.25) is 0 Å². The summed E-state index contributed by atoms with van der Waals surface area (Å²) in [5.74, 6) is -0.875. The number of carbonyl (C=O) groups is 1. The van der Waals surface area contributed by atoms with Crippen molar-refractivity contribution in [2.75, 3.05) is 0 Å². The van der Waals surface area contributed by atoms with Gasteiger partial charge in [-0.25, -0.2) is 4.79 Å². The van der Waals surface area contributed by atoms with Gasteiger partial charge in [0.1, 0.15) is 5.76 Å². The van der Waals surface area contributed by atoms with Crippen molar-refractivity contribution in [3.63, 3.8) is 0 Å². The Balaban J connectivity index is 3.59. The zero-order valence-electron chi connectivity index (χ0n) is 15.0. The van der Waals surface area contributed by atoms with Crippen LogP contribution in [-0.2, 0) is 4.79 Å². The molecular formula is C20H34O4. The molecule has 0 rings (SSSR count). The van der Waals surface area contributed by atoms with Crippen molar-refractivity contribution in [2.24, 2.45) is 0 Å². The van der Waals surface area contributed by atoms with Crippen LogP contribution >= 0.6 is 0 Å². The minimum Gasteiger partial charge on any atom is -0.508 e. The van der Waals surface area contributed by atoms with Gasteiger partial charge in [-0.05, 0) is 37.8 Å². The highest BCUT2D eigenvalue weighted by Gasteiger charge is 2.03. The summed E-state index contributed by atoms with van der Waals surface area (Å²) in [6, 6.07) is 0. The number of aliphatic hydroxyl groups excluding tert-OH is 2. The largest absolute Gasteiger partial charge is 0.508 e. The fraction of sp³-hybridized carbons (Fsp3) is 0.650. The number of allylic oxidation sites excluding steroid dienone is 4. The molecule has 4 nitrogen and oxygen atoms in total. The highest BCUT2D eigenvalue weighted by Crippen LogP contribution is 2.13. The van der Waals surface area contributed by atoms with E-state index >= 15 is 0 Å². The van der Waals surface area contributed by atoms with E-state index in [1.807, 2.05) is 0 Å². The molecule has 0 saturated carbocycles. The second-order valence-corrected chi connectivity index (χ2v) is 6.18. The topological polar surface area (TPSA) is 77.8 Å². The van der Waals surface area contributed by atoms with Crippen molar-refractivity contribution < 1.29 is 20.1 Å². The van der Waals surface area contributed by atoms with Crippen LogP contribution < -0.4 is 0 Å². The molecule has 0 aliphatic rings. The zero-order valence-corrected chi connectivity index (χ0v) is 15.0. The second kappa shape index (κ2) is 16.3. The van der Waals surface area contributed by atoms with Crippen LogP contribution in [0.1, 0.15) is 77.6 Å². The van der Waals surface area contributed by atoms with E-state index in [-0.39, 0.29) is 11.9 Å². The highest BCUT2D eigenvalue weighted by molar-refractivity contribution is 5.80. The van der Waals surface area contributed by atoms with Crippen molar-refractivity contribution in [1.82, 2.24) is 0 Å². The Hall–Kier alpha value is -1.55. The molecule has 0 aliphatic carbocycles. The first kappa shape index (κ1) is 22.4. The fourth-order valence-corrected chi connectivity index (χ4v) is 2.44. The quantitative estimate of drug-likeness (QED) is 0.164. The van der Waals surface area contributed by atoms with E-state index in [4.69, 9.17) is 5.11 Å². The minimum absolute atomic E-state index is 0.137. The minimum atomic E-state index is -1.01. The molecule has 0 spiro atoms. The van der Waals surface area contributed by atoms with Crippen LogP contribution in [0.15, 0.2) is 36.1 Å². The van der Waals surface area contributed by atoms with Gasteiger partial charge >= 0.3 is 5.97 Å². The Kier molecular flexibility index (Phi) is 15.3. The number of aliphatic carboxylic acids is 1. The Labute approximate surface area is 146 Å². The standard InChI is InChI=1S/C20H34O4/c1-2-3-4-5-6-8-13-18(21)14-9-7-10-15-19(22)16-11-12-17-20(23)24/h11-12,15-18,21-22H,2-10,13-14H2,1H3,(H,23,24). The van der Waals surface area contributed by atoms with Crippen LogP contribution in [-0.4, -0.2) is 27.4 Å². The van der Waals surface area contributed by atoms with E-state index in [9.17, 15) is 15.0 Å². The van der Waals surface area contributed by atoms with Crippen molar-refractivity contribution in [1.29, 1.82) is 0 Å². The molecule has 1 atom stereocenters. The molecule has 0 fully saturated rings. The van der Waals surface area contributed by atoms with Gasteiger partial charge in [0.15, 0.2) is 0 Å². The maximum Gasteiger partial charge on any atom is 0.328 e. The van der Waals surface area contributed by atoms with Crippen molar-refractivity contribution in [3.05, 3.63) is 36.1 Å². The number of hydrogen-bond donors (Lipinski definition) is 3. The van der Waals surface area contributed by atoms with Gasteiger partial charge in [0.25, 0.3) is 0 Å². The van der Waals surface area contributed by atoms with Gasteiger partial charge in [-0.3, -0.25) is 0 Å². The Morgan fingerprint density at radius 3 is 2.12 bits per heavy atom. The second-order valence-electron chi connectivity index (χ2n) is 6.18. The third-order valence-corrected chi connectivity index (χ3v) is 3.85. The van der Waals surface area contributed by atoms with Crippen molar-refractivity contribution in [3.8, 4) is 0 Å². The molecule has 0 aromatic heterocycles. The first-order valence-electron chi connectivity index (χ1n) is 9.21. The molecule has 1 unspecified atom stereocenters. The third kappa shape index (κ3) is 16.8. The molecule has 3 N–H and O–H groups in total. The maximum absolute atomic E-state index is 10.2. The molecule has 0 amide bonds. The highest BCUT2D eigenvalue weighted by atomic mass is 16.4. The third-order valence-electron chi connectivity index (χ3n) is 3.85. The van der Waals surface area contributed by atoms with Gasteiger partial charge < -0.3 is 15.3 Å². The number of unbranched alkanes of at least 4 members (excludes halogenated alkanes) is 7. The van der Waals surface area contributed by atoms with Crippen LogP contribution in [0.25, 0.3) is 0 Å². The molecule has 4 heteroatoms. The summed E-state index contributed by atoms with van der Waals surface area (Å²) in [4.78, 5) is 10.2. The molecule has 0 saturated heterocycles. The number of hydrogen-bond acceptors (Lipinski definition) is 3. The molecule has 24 heavy (non-hydrogen) atoms. The van der Waals surface area contributed by atoms with E-state index in [1.54, 1.807) is 6.08 Å². The Morgan fingerprint density at radius 2 is 1.46 bits per heavy atom. The van der Waals surface area contributed by atoms with E-state index in [1.165, 1.54) is 50.3 Å². The van der Waals surface area contributed by atoms with Crippen LogP contribution in [0.2, 0.25) is 0 Å². The molecule has 0 radical (unpaired) electrons. The first-order chi connectivity index (χ1) is 11.6. The summed E-state index contributed by atoms with van der Waals surface area (Å²) in [7, 11) is 0. The number of aliphatic hydroxyl groups is 2. The van der Waals surface area contributed by atoms with Gasteiger partial charge in [-0.2, -0.15) is 0 Å². The predicted molar refractivity (Wildman–Crippen MR) is 99.1 cm³/mol. The summed E-state index contributed by atoms with van der Waals surface area (Å²) in [5.41, 5.74) is 0. The Morgan fingerprint density at radius 1 is 0.875 bits per heavy atom. The lowest BCUT2D eigenvalue weighted by molar-refractivity contribution is -0.131. The summed E-state index contributed by atoms with van der Waals surface area (Å²) in [6.07, 6.45) is 18.7. The number of carboxylic acids is 1. The molecule has 0 bridgehead atoms. The maximum atomic E-state index is 10.2. The predicted octanol–water partition coefficient (Wildman–Crippen LogP) is 5.30. The number of rotatable bonds is 15. The normalized spacial score (nSPS) is 13.8.